The van der Waals surface area contributed by atoms with E-state index in [1.54, 1.807) is 22.7 Å². The fourth-order valence-corrected chi connectivity index (χ4v) is 9.03. The summed E-state index contributed by atoms with van der Waals surface area (Å²) in [6, 6.07) is 11.7. The van der Waals surface area contributed by atoms with Crippen LogP contribution in [0.25, 0.3) is 20.4 Å². The molecule has 0 saturated carbocycles. The van der Waals surface area contributed by atoms with Crippen molar-refractivity contribution in [3.05, 3.63) is 46.4 Å². The Hall–Kier alpha value is -2.17. The second-order valence-electron chi connectivity index (χ2n) is 12.1. The Kier molecular flexibility index (Phi) is 10.9. The lowest BCUT2D eigenvalue weighted by atomic mass is 9.74. The highest BCUT2D eigenvalue weighted by molar-refractivity contribution is 7.22. The van der Waals surface area contributed by atoms with E-state index in [9.17, 15) is 9.90 Å². The van der Waals surface area contributed by atoms with Crippen molar-refractivity contribution in [2.45, 2.75) is 65.2 Å². The molecule has 7 nitrogen and oxygen atoms in total. The van der Waals surface area contributed by atoms with E-state index in [0.717, 1.165) is 112 Å². The van der Waals surface area contributed by atoms with Gasteiger partial charge in [-0.25, -0.2) is 9.97 Å². The van der Waals surface area contributed by atoms with Crippen LogP contribution in [0.2, 0.25) is 10.0 Å². The van der Waals surface area contributed by atoms with E-state index in [2.05, 4.69) is 23.6 Å². The van der Waals surface area contributed by atoms with Gasteiger partial charge >= 0.3 is 5.97 Å². The van der Waals surface area contributed by atoms with Gasteiger partial charge in [-0.05, 0) is 85.8 Å². The molecule has 1 N–H and O–H groups in total. The summed E-state index contributed by atoms with van der Waals surface area (Å²) in [6.07, 6.45) is 7.87. The van der Waals surface area contributed by atoms with Crippen LogP contribution in [0.5, 0.6) is 0 Å². The maximum absolute atomic E-state index is 11.7. The number of aliphatic hydroxyl groups is 1. The average Bonchev–Trinajstić information content (AvgIpc) is 3.66. The molecule has 0 bridgehead atoms. The van der Waals surface area contributed by atoms with Crippen LogP contribution in [0.1, 0.15) is 65.2 Å². The van der Waals surface area contributed by atoms with Crippen molar-refractivity contribution in [2.24, 2.45) is 10.8 Å². The number of methoxy groups -OCH3 is 1. The average molecular weight is 678 g/mol. The van der Waals surface area contributed by atoms with E-state index < -0.39 is 0 Å². The molecule has 11 heteroatoms. The van der Waals surface area contributed by atoms with Gasteiger partial charge in [-0.3, -0.25) is 4.79 Å². The van der Waals surface area contributed by atoms with Crippen LogP contribution in [0, 0.1) is 10.8 Å². The normalized spacial score (nSPS) is 17.9. The van der Waals surface area contributed by atoms with Gasteiger partial charge < -0.3 is 19.6 Å². The molecule has 0 spiro atoms. The first-order valence-electron chi connectivity index (χ1n) is 15.5. The van der Waals surface area contributed by atoms with E-state index in [1.165, 1.54) is 7.11 Å². The minimum absolute atomic E-state index is 0.0730. The number of carbonyl (C=O) groups is 1. The number of thiazole rings is 2. The second-order valence-corrected chi connectivity index (χ2v) is 15.0. The summed E-state index contributed by atoms with van der Waals surface area (Å²) in [5.41, 5.74) is 2.42. The summed E-state index contributed by atoms with van der Waals surface area (Å²) in [5.74, 6) is -0.102. The Bertz CT molecular complexity index is 1560. The van der Waals surface area contributed by atoms with Crippen molar-refractivity contribution in [3.63, 3.8) is 0 Å². The van der Waals surface area contributed by atoms with Gasteiger partial charge in [0.05, 0.1) is 34.0 Å². The van der Waals surface area contributed by atoms with Crippen LogP contribution in [0.3, 0.4) is 0 Å². The van der Waals surface area contributed by atoms with Crippen molar-refractivity contribution in [1.29, 1.82) is 0 Å². The molecule has 4 heterocycles. The Morgan fingerprint density at radius 1 is 0.841 bits per heavy atom. The zero-order valence-electron chi connectivity index (χ0n) is 25.8. The number of aliphatic hydroxyl groups excluding tert-OH is 1. The number of piperidine rings is 2. The van der Waals surface area contributed by atoms with Gasteiger partial charge in [-0.2, -0.15) is 0 Å². The summed E-state index contributed by atoms with van der Waals surface area (Å²) >= 11 is 15.5. The minimum Gasteiger partial charge on any atom is -0.469 e. The molecule has 2 aromatic carbocycles. The van der Waals surface area contributed by atoms with E-state index in [1.807, 2.05) is 36.4 Å². The number of carbonyl (C=O) groups excluding carboxylic acids is 1. The summed E-state index contributed by atoms with van der Waals surface area (Å²) in [4.78, 5) is 25.8. The number of rotatable bonds is 8. The molecule has 2 saturated heterocycles. The highest BCUT2D eigenvalue weighted by Crippen LogP contribution is 2.42. The third-order valence-electron chi connectivity index (χ3n) is 9.76. The quantitative estimate of drug-likeness (QED) is 0.187. The predicted molar refractivity (Wildman–Crippen MR) is 186 cm³/mol. The minimum atomic E-state index is -0.102. The van der Waals surface area contributed by atoms with Gasteiger partial charge in [0, 0.05) is 42.8 Å². The first-order chi connectivity index (χ1) is 21.2. The fourth-order valence-electron chi connectivity index (χ4n) is 6.44. The van der Waals surface area contributed by atoms with Crippen molar-refractivity contribution < 1.29 is 14.6 Å². The molecule has 2 aromatic heterocycles. The number of nitrogens with zero attached hydrogens (tertiary/aromatic N) is 4. The van der Waals surface area contributed by atoms with Crippen LogP contribution < -0.4 is 9.80 Å². The van der Waals surface area contributed by atoms with E-state index >= 15 is 0 Å². The number of esters is 1. The van der Waals surface area contributed by atoms with E-state index in [-0.39, 0.29) is 11.4 Å². The maximum Gasteiger partial charge on any atom is 0.306 e. The largest absolute Gasteiger partial charge is 0.469 e. The molecule has 2 fully saturated rings. The van der Waals surface area contributed by atoms with Crippen LogP contribution in [-0.4, -0.2) is 60.9 Å². The number of halogens is 2. The molecule has 238 valence electrons. The topological polar surface area (TPSA) is 78.8 Å². The zero-order chi connectivity index (χ0) is 31.3. The molecule has 44 heavy (non-hydrogen) atoms. The Morgan fingerprint density at radius 3 is 1.70 bits per heavy atom. The van der Waals surface area contributed by atoms with Crippen molar-refractivity contribution in [3.8, 4) is 0 Å². The van der Waals surface area contributed by atoms with Crippen LogP contribution in [-0.2, 0) is 9.53 Å². The molecule has 0 aliphatic carbocycles. The Balaban J connectivity index is 0.000000175. The molecule has 0 unspecified atom stereocenters. The monoisotopic (exact) mass is 676 g/mol. The third kappa shape index (κ3) is 7.61. The van der Waals surface area contributed by atoms with Gasteiger partial charge in [0.1, 0.15) is 0 Å². The molecule has 0 atom stereocenters. The third-order valence-corrected chi connectivity index (χ3v) is 12.4. The number of benzene rings is 2. The van der Waals surface area contributed by atoms with E-state index in [4.69, 9.17) is 37.9 Å². The van der Waals surface area contributed by atoms with E-state index in [0.29, 0.717) is 18.4 Å². The lowest BCUT2D eigenvalue weighted by Crippen LogP contribution is -2.41. The van der Waals surface area contributed by atoms with Crippen molar-refractivity contribution >= 4 is 82.5 Å². The van der Waals surface area contributed by atoms with Crippen LogP contribution >= 0.6 is 45.9 Å². The van der Waals surface area contributed by atoms with Gasteiger partial charge in [0.25, 0.3) is 0 Å². The molecule has 0 amide bonds. The number of hydrogen-bond acceptors (Lipinski definition) is 9. The highest BCUT2D eigenvalue weighted by atomic mass is 35.5. The molecular formula is C33H42Cl2N4O3S2. The Morgan fingerprint density at radius 2 is 1.30 bits per heavy atom. The molecule has 0 radical (unpaired) electrons. The molecule has 6 rings (SSSR count). The SMILES string of the molecule is CCC1(CC(=O)OC)CCN(c2nc3ccc(Cl)cc3s2)CC1.CCC1(CCO)CCN(c2nc3ccc(Cl)cc3s2)CC1. The Labute approximate surface area is 278 Å². The summed E-state index contributed by atoms with van der Waals surface area (Å²) in [5, 5.41) is 12.9. The lowest BCUT2D eigenvalue weighted by molar-refractivity contribution is -0.143. The van der Waals surface area contributed by atoms with Crippen LogP contribution in [0.15, 0.2) is 36.4 Å². The number of fused-ring (bicyclic) bond motifs is 2. The number of ether oxygens (including phenoxy) is 1. The number of aromatic nitrogens is 2. The molecule has 2 aliphatic heterocycles. The first kappa shape index (κ1) is 33.2. The zero-order valence-corrected chi connectivity index (χ0v) is 28.9. The second kappa shape index (κ2) is 14.5. The molecule has 4 aromatic rings. The van der Waals surface area contributed by atoms with Gasteiger partial charge in [0.15, 0.2) is 10.3 Å². The van der Waals surface area contributed by atoms with Gasteiger partial charge in [0.2, 0.25) is 0 Å². The lowest BCUT2D eigenvalue weighted by Gasteiger charge is -2.41. The fraction of sp³-hybridized carbons (Fsp3) is 0.545. The highest BCUT2D eigenvalue weighted by Gasteiger charge is 2.36. The van der Waals surface area contributed by atoms with Crippen LogP contribution in [0.4, 0.5) is 10.3 Å². The summed E-state index contributed by atoms with van der Waals surface area (Å²) in [7, 11) is 1.47. The number of anilines is 2. The van der Waals surface area contributed by atoms with Gasteiger partial charge in [-0.15, -0.1) is 0 Å². The van der Waals surface area contributed by atoms with Gasteiger partial charge in [-0.1, -0.05) is 66.1 Å². The summed E-state index contributed by atoms with van der Waals surface area (Å²) < 4.78 is 7.14. The molecular weight excluding hydrogens is 635 g/mol. The van der Waals surface area contributed by atoms with Crippen molar-refractivity contribution in [1.82, 2.24) is 9.97 Å². The first-order valence-corrected chi connectivity index (χ1v) is 17.9. The summed E-state index contributed by atoms with van der Waals surface area (Å²) in [6.45, 7) is 8.62. The smallest absolute Gasteiger partial charge is 0.306 e. The van der Waals surface area contributed by atoms with Crippen molar-refractivity contribution in [2.75, 3.05) is 49.7 Å². The maximum atomic E-state index is 11.7. The standard InChI is InChI=1S/C17H21ClN2O2S.C16H21ClN2OS/c1-3-17(11-15(21)22-2)6-8-20(9-7-17)16-19-13-5-4-12(18)10-14(13)23-16;1-2-16(7-10-20)5-8-19(9-6-16)15-18-13-4-3-12(17)11-14(13)21-15/h4-5,10H,3,6-9,11H2,1-2H3;3-4,11,20H,2,5-10H2,1H3. The predicted octanol–water partition coefficient (Wildman–Crippen LogP) is 8.84. The number of hydrogen-bond donors (Lipinski definition) is 1. The molecule has 2 aliphatic rings.